The fraction of sp³-hybridized carbons (Fsp3) is 0.594. The number of phosphoric ester groups is 1. The maximum Gasteiger partial charge on any atom is 1.00 e. The smallest absolute Gasteiger partial charge is 0.790 e. The van der Waals surface area contributed by atoms with E-state index < -0.39 is 39.1 Å². The molecule has 0 heterocycles. The average molecular weight is 697 g/mol. The Hall–Kier alpha value is -1.13. The molecule has 0 radical (unpaired) electrons. The molecule has 0 saturated carbocycles. The maximum atomic E-state index is 12.1. The van der Waals surface area contributed by atoms with E-state index in [1.807, 2.05) is 0 Å². The normalized spacial score (nSPS) is 9.69. The van der Waals surface area contributed by atoms with Crippen LogP contribution in [-0.2, 0) is 32.9 Å². The number of carbonyl (C=O) groups is 3. The van der Waals surface area contributed by atoms with Gasteiger partial charge in [-0.15, -0.1) is 19.1 Å². The van der Waals surface area contributed by atoms with Gasteiger partial charge in [0.15, 0.2) is 11.2 Å². The SMILES string of the molecule is C#CC#CC#CC#CC#CC(=O)OC[C@H](COP(=O)([O-])[O-])OC(=O)CCCCCCCCCCCCCCC.CC(=O)S.[HH].[HH].[HH].[HH].[HH].[HH].[HH].[HH].[HH].[Na+].[Na+]. The zero-order valence-electron chi connectivity index (χ0n) is 27.0. The van der Waals surface area contributed by atoms with Crippen LogP contribution in [0.25, 0.3) is 0 Å². The molecule has 0 unspecified atom stereocenters. The summed E-state index contributed by atoms with van der Waals surface area (Å²) in [7, 11) is -5.31. The first-order chi connectivity index (χ1) is 20.5. The second kappa shape index (κ2) is 37.3. The number of unbranched alkanes of at least 4 members (excludes halogenated alkanes) is 12. The minimum absolute atomic E-state index is 0. The van der Waals surface area contributed by atoms with Crippen LogP contribution in [0.2, 0.25) is 0 Å². The molecule has 0 spiro atoms. The monoisotopic (exact) mass is 696 g/mol. The van der Waals surface area contributed by atoms with Gasteiger partial charge in [-0.2, -0.15) is 0 Å². The molecule has 0 aliphatic rings. The fourth-order valence-corrected chi connectivity index (χ4v) is 3.65. The molecule has 0 rings (SSSR count). The number of ether oxygens (including phenoxy) is 2. The molecule has 254 valence electrons. The predicted octanol–water partition coefficient (Wildman–Crippen LogP) is 0.0995. The van der Waals surface area contributed by atoms with Crippen LogP contribution in [0.5, 0.6) is 0 Å². The van der Waals surface area contributed by atoms with Gasteiger partial charge >= 0.3 is 71.1 Å². The zero-order chi connectivity index (χ0) is 32.6. The van der Waals surface area contributed by atoms with E-state index in [0.717, 1.165) is 19.3 Å². The first-order valence-corrected chi connectivity index (χ1v) is 16.1. The van der Waals surface area contributed by atoms with Gasteiger partial charge in [-0.25, -0.2) is 4.79 Å². The molecular formula is C32H59Na2O9PS. The minimum Gasteiger partial charge on any atom is -0.790 e. The number of esters is 2. The summed E-state index contributed by atoms with van der Waals surface area (Å²) in [5.74, 6) is 18.6. The topological polar surface area (TPSA) is 142 Å². The number of carbonyl (C=O) groups excluding carboxylic acids is 3. The van der Waals surface area contributed by atoms with Gasteiger partial charge in [-0.3, -0.25) is 9.59 Å². The van der Waals surface area contributed by atoms with E-state index in [1.54, 1.807) is 0 Å². The van der Waals surface area contributed by atoms with Crippen molar-refractivity contribution in [3.05, 3.63) is 0 Å². The van der Waals surface area contributed by atoms with Gasteiger partial charge in [0.05, 0.1) is 14.4 Å². The molecular weight excluding hydrogens is 637 g/mol. The number of thiol groups is 1. The van der Waals surface area contributed by atoms with Crippen LogP contribution >= 0.6 is 20.5 Å². The molecule has 0 aromatic carbocycles. The van der Waals surface area contributed by atoms with Gasteiger partial charge in [-0.05, 0) is 53.8 Å². The van der Waals surface area contributed by atoms with Gasteiger partial charge in [0.2, 0.25) is 0 Å². The van der Waals surface area contributed by atoms with Crippen molar-refractivity contribution in [1.29, 1.82) is 0 Å². The third-order valence-electron chi connectivity index (χ3n) is 5.21. The Bertz CT molecular complexity index is 1200. The van der Waals surface area contributed by atoms with Crippen LogP contribution < -0.4 is 68.9 Å². The van der Waals surface area contributed by atoms with Crippen molar-refractivity contribution >= 4 is 37.5 Å². The van der Waals surface area contributed by atoms with Gasteiger partial charge < -0.3 is 28.3 Å². The van der Waals surface area contributed by atoms with Crippen LogP contribution in [0.1, 0.15) is 117 Å². The van der Waals surface area contributed by atoms with Crippen molar-refractivity contribution in [2.24, 2.45) is 0 Å². The third kappa shape index (κ3) is 47.4. The Morgan fingerprint density at radius 1 is 0.778 bits per heavy atom. The van der Waals surface area contributed by atoms with E-state index in [4.69, 9.17) is 15.9 Å². The van der Waals surface area contributed by atoms with Crippen molar-refractivity contribution in [2.75, 3.05) is 13.2 Å². The number of hydrogen-bond acceptors (Lipinski definition) is 9. The van der Waals surface area contributed by atoms with E-state index in [0.29, 0.717) is 6.42 Å². The summed E-state index contributed by atoms with van der Waals surface area (Å²) in [6.45, 7) is 2.29. The van der Waals surface area contributed by atoms with E-state index in [-0.39, 0.29) is 83.5 Å². The summed E-state index contributed by atoms with van der Waals surface area (Å²) in [5.41, 5.74) is 0. The summed E-state index contributed by atoms with van der Waals surface area (Å²) in [4.78, 5) is 54.7. The number of phosphoric acid groups is 1. The molecule has 13 heteroatoms. The Morgan fingerprint density at radius 3 is 1.64 bits per heavy atom. The standard InChI is InChI=1S/C30H39O8P.C2H4OS.2Na.9H2/c1-3-5-7-9-11-13-14-15-16-17-19-21-23-25-30(32)38-28(27-37-39(33,34)35)26-36-29(31)24-22-20-18-12-10-8-6-4-2;1-2(3)4;;;;;;;;;;;/h2,28H,3,5,7,9,11,13-17,19,21,23,25-27H2,1H3,(H2,33,34,35);1H3,(H,3,4);;;9*1H/q;;2*+1;;;;;;;;;/p-2/t28-;;;;;;;;;;;;/m1............/s1. The summed E-state index contributed by atoms with van der Waals surface area (Å²) in [6, 6.07) is 0. The molecule has 45 heavy (non-hydrogen) atoms. The van der Waals surface area contributed by atoms with Crippen molar-refractivity contribution in [3.8, 4) is 59.7 Å². The van der Waals surface area contributed by atoms with Gasteiger partial charge in [0, 0.05) is 32.1 Å². The molecule has 0 amide bonds. The average Bonchev–Trinajstić information content (AvgIpc) is 2.93. The van der Waals surface area contributed by atoms with E-state index in [1.165, 1.54) is 64.7 Å². The number of rotatable bonds is 20. The van der Waals surface area contributed by atoms with Crippen molar-refractivity contribution in [1.82, 2.24) is 0 Å². The first-order valence-electron chi connectivity index (χ1n) is 14.2. The minimum atomic E-state index is -5.31. The van der Waals surface area contributed by atoms with Crippen LogP contribution in [-0.4, -0.2) is 36.4 Å². The summed E-state index contributed by atoms with van der Waals surface area (Å²) >= 11 is 3.33. The van der Waals surface area contributed by atoms with Gasteiger partial charge in [0.1, 0.15) is 6.61 Å². The second-order valence-corrected chi connectivity index (χ2v) is 10.9. The fourth-order valence-electron chi connectivity index (χ4n) is 3.30. The van der Waals surface area contributed by atoms with Crippen LogP contribution in [0.15, 0.2) is 0 Å². The molecule has 9 nitrogen and oxygen atoms in total. The molecule has 0 fully saturated rings. The quantitative estimate of drug-likeness (QED) is 0.0357. The van der Waals surface area contributed by atoms with Crippen molar-refractivity contribution < 1.29 is 115 Å². The summed E-state index contributed by atoms with van der Waals surface area (Å²) < 4.78 is 24.9. The van der Waals surface area contributed by atoms with E-state index >= 15 is 0 Å². The molecule has 0 saturated heterocycles. The van der Waals surface area contributed by atoms with Crippen molar-refractivity contribution in [3.63, 3.8) is 0 Å². The molecule has 0 aliphatic carbocycles. The number of hydrogen-bond donors (Lipinski definition) is 1. The molecule has 0 aromatic rings. The Kier molecular flexibility index (Phi) is 42.1. The van der Waals surface area contributed by atoms with Gasteiger partial charge in [0.25, 0.3) is 0 Å². The Balaban J connectivity index is -0.0000000967. The van der Waals surface area contributed by atoms with E-state index in [9.17, 15) is 28.7 Å². The first kappa shape index (κ1) is 50.7. The van der Waals surface area contributed by atoms with Crippen LogP contribution in [0.4, 0.5) is 0 Å². The van der Waals surface area contributed by atoms with Crippen LogP contribution in [0.3, 0.4) is 0 Å². The molecule has 0 aliphatic heterocycles. The predicted molar refractivity (Wildman–Crippen MR) is 183 cm³/mol. The van der Waals surface area contributed by atoms with Crippen LogP contribution in [0, 0.1) is 59.7 Å². The van der Waals surface area contributed by atoms with Crippen molar-refractivity contribution in [2.45, 2.75) is 110 Å². The third-order valence-corrected chi connectivity index (χ3v) is 5.68. The maximum absolute atomic E-state index is 12.1. The summed E-state index contributed by atoms with van der Waals surface area (Å²) in [6.07, 6.45) is 18.9. The summed E-state index contributed by atoms with van der Waals surface area (Å²) in [5, 5.41) is -0.139. The zero-order valence-corrected chi connectivity index (χ0v) is 32.8. The largest absolute Gasteiger partial charge is 1.00 e. The van der Waals surface area contributed by atoms with E-state index in [2.05, 4.69) is 77.4 Å². The second-order valence-electron chi connectivity index (χ2n) is 9.11. The molecule has 0 N–H and O–H groups in total. The Labute approximate surface area is 332 Å². The number of terminal acetylenes is 1. The Morgan fingerprint density at radius 2 is 1.20 bits per heavy atom. The molecule has 0 aromatic heterocycles. The van der Waals surface area contributed by atoms with Gasteiger partial charge in [-0.1, -0.05) is 84.0 Å². The molecule has 0 bridgehead atoms. The molecule has 1 atom stereocenters.